The predicted molar refractivity (Wildman–Crippen MR) is 137 cm³/mol. The number of rotatable bonds is 6. The third kappa shape index (κ3) is 5.01. The van der Waals surface area contributed by atoms with Crippen molar-refractivity contribution < 1.29 is 14.5 Å². The number of piperazine rings is 1. The Balaban J connectivity index is 1.28. The number of pyridine rings is 1. The maximum atomic E-state index is 12.7. The van der Waals surface area contributed by atoms with Gasteiger partial charge in [0.25, 0.3) is 11.7 Å². The lowest BCUT2D eigenvalue weighted by atomic mass is 10.1. The highest BCUT2D eigenvalue weighted by Crippen LogP contribution is 2.24. The number of anilines is 3. The molecule has 1 aliphatic rings. The fourth-order valence-electron chi connectivity index (χ4n) is 4.36. The molecule has 0 radical (unpaired) electrons. The Bertz CT molecular complexity index is 1320. The third-order valence-electron chi connectivity index (χ3n) is 6.20. The van der Waals surface area contributed by atoms with Crippen molar-refractivity contribution in [2.45, 2.75) is 13.8 Å². The van der Waals surface area contributed by atoms with Gasteiger partial charge in [-0.25, -0.2) is 15.0 Å². The van der Waals surface area contributed by atoms with Gasteiger partial charge in [-0.3, -0.25) is 9.69 Å². The average Bonchev–Trinajstić information content (AvgIpc) is 2.90. The quantitative estimate of drug-likeness (QED) is 0.463. The van der Waals surface area contributed by atoms with Gasteiger partial charge < -0.3 is 15.0 Å². The van der Waals surface area contributed by atoms with Gasteiger partial charge in [0.1, 0.15) is 24.4 Å². The molecule has 1 fully saturated rings. The Kier molecular flexibility index (Phi) is 6.43. The predicted octanol–water partition coefficient (Wildman–Crippen LogP) is 3.73. The Morgan fingerprint density at radius 1 is 1.00 bits per heavy atom. The van der Waals surface area contributed by atoms with E-state index in [0.717, 1.165) is 65.8 Å². The molecule has 0 bridgehead atoms. The molecule has 4 aromatic rings. The summed E-state index contributed by atoms with van der Waals surface area (Å²) >= 11 is 0. The SMILES string of the molecule is CCOc1ccc(C(=O)Nc2ccc3[nH+]c(N4CCN(c5ncccn5)CC4)cc(C)c3c2)cc1. The van der Waals surface area contributed by atoms with Crippen molar-refractivity contribution in [3.63, 3.8) is 0 Å². The van der Waals surface area contributed by atoms with E-state index in [0.29, 0.717) is 12.2 Å². The summed E-state index contributed by atoms with van der Waals surface area (Å²) in [6, 6.07) is 17.2. The van der Waals surface area contributed by atoms with E-state index in [1.54, 1.807) is 24.5 Å². The summed E-state index contributed by atoms with van der Waals surface area (Å²) < 4.78 is 5.45. The van der Waals surface area contributed by atoms with Crippen molar-refractivity contribution in [2.75, 3.05) is 47.9 Å². The summed E-state index contributed by atoms with van der Waals surface area (Å²) in [6.45, 7) is 8.14. The zero-order valence-electron chi connectivity index (χ0n) is 20.0. The minimum absolute atomic E-state index is 0.147. The van der Waals surface area contributed by atoms with Crippen LogP contribution in [0.5, 0.6) is 5.75 Å². The van der Waals surface area contributed by atoms with Crippen LogP contribution in [-0.2, 0) is 0 Å². The molecule has 3 heterocycles. The lowest BCUT2D eigenvalue weighted by Gasteiger charge is -2.31. The first-order valence-electron chi connectivity index (χ1n) is 11.9. The first-order valence-corrected chi connectivity index (χ1v) is 11.9. The van der Waals surface area contributed by atoms with Gasteiger partial charge in [-0.05, 0) is 67.9 Å². The normalized spacial score (nSPS) is 13.7. The summed E-state index contributed by atoms with van der Waals surface area (Å²) in [5.74, 6) is 2.48. The van der Waals surface area contributed by atoms with Crippen LogP contribution in [0.4, 0.5) is 17.5 Å². The van der Waals surface area contributed by atoms with E-state index in [1.165, 1.54) is 0 Å². The number of H-pyrrole nitrogens is 1. The highest BCUT2D eigenvalue weighted by molar-refractivity contribution is 6.05. The minimum Gasteiger partial charge on any atom is -0.494 e. The van der Waals surface area contributed by atoms with E-state index in [4.69, 9.17) is 4.74 Å². The monoisotopic (exact) mass is 469 g/mol. The van der Waals surface area contributed by atoms with Crippen LogP contribution in [0.2, 0.25) is 0 Å². The molecular weight excluding hydrogens is 440 g/mol. The standard InChI is InChI=1S/C27H28N6O2/c1-3-35-22-8-5-20(6-9-22)26(34)30-21-7-10-24-23(18-21)19(2)17-25(31-24)32-13-15-33(16-14-32)27-28-11-4-12-29-27/h4-12,17-18H,3,13-16H2,1-2H3,(H,30,34)/p+1. The Morgan fingerprint density at radius 2 is 1.71 bits per heavy atom. The van der Waals surface area contributed by atoms with Gasteiger partial charge in [-0.2, -0.15) is 0 Å². The summed E-state index contributed by atoms with van der Waals surface area (Å²) in [6.07, 6.45) is 3.56. The number of carbonyl (C=O) groups excluding carboxylic acids is 1. The second kappa shape index (κ2) is 9.97. The number of hydrogen-bond acceptors (Lipinski definition) is 6. The maximum absolute atomic E-state index is 12.7. The molecule has 2 aromatic carbocycles. The molecule has 35 heavy (non-hydrogen) atoms. The summed E-state index contributed by atoms with van der Waals surface area (Å²) in [4.78, 5) is 29.6. The first kappa shape index (κ1) is 22.6. The van der Waals surface area contributed by atoms with Crippen LogP contribution in [0.15, 0.2) is 67.0 Å². The summed E-state index contributed by atoms with van der Waals surface area (Å²) in [7, 11) is 0. The molecule has 0 spiro atoms. The van der Waals surface area contributed by atoms with Crippen LogP contribution in [0.1, 0.15) is 22.8 Å². The molecule has 1 aliphatic heterocycles. The Morgan fingerprint density at radius 3 is 2.43 bits per heavy atom. The first-order chi connectivity index (χ1) is 17.1. The number of fused-ring (bicyclic) bond motifs is 1. The smallest absolute Gasteiger partial charge is 0.275 e. The second-order valence-electron chi connectivity index (χ2n) is 8.53. The topological polar surface area (TPSA) is 84.7 Å². The van der Waals surface area contributed by atoms with Crippen molar-refractivity contribution in [3.05, 3.63) is 78.1 Å². The molecule has 5 rings (SSSR count). The van der Waals surface area contributed by atoms with E-state index < -0.39 is 0 Å². The minimum atomic E-state index is -0.147. The largest absolute Gasteiger partial charge is 0.494 e. The van der Waals surface area contributed by atoms with E-state index >= 15 is 0 Å². The number of ether oxygens (including phenoxy) is 1. The Hall–Kier alpha value is -4.20. The molecule has 0 aliphatic carbocycles. The number of hydrogen-bond donors (Lipinski definition) is 1. The van der Waals surface area contributed by atoms with Crippen LogP contribution < -0.4 is 24.8 Å². The number of carbonyl (C=O) groups is 1. The number of aromatic nitrogens is 3. The average molecular weight is 470 g/mol. The molecule has 8 nitrogen and oxygen atoms in total. The van der Waals surface area contributed by atoms with Crippen molar-refractivity contribution in [1.82, 2.24) is 9.97 Å². The van der Waals surface area contributed by atoms with Crippen LogP contribution in [0.25, 0.3) is 10.9 Å². The lowest BCUT2D eigenvalue weighted by Crippen LogP contribution is -2.48. The van der Waals surface area contributed by atoms with Gasteiger partial charge in [-0.1, -0.05) is 0 Å². The zero-order chi connectivity index (χ0) is 24.2. The van der Waals surface area contributed by atoms with E-state index in [1.807, 2.05) is 43.3 Å². The molecule has 0 saturated carbocycles. The van der Waals surface area contributed by atoms with Gasteiger partial charge >= 0.3 is 0 Å². The van der Waals surface area contributed by atoms with Gasteiger partial charge in [0.2, 0.25) is 5.95 Å². The molecular formula is C27H29N6O2+. The van der Waals surface area contributed by atoms with Gasteiger partial charge in [-0.15, -0.1) is 0 Å². The van der Waals surface area contributed by atoms with Crippen LogP contribution in [-0.4, -0.2) is 48.7 Å². The van der Waals surface area contributed by atoms with Crippen LogP contribution in [0, 0.1) is 6.92 Å². The van der Waals surface area contributed by atoms with Crippen LogP contribution in [0.3, 0.4) is 0 Å². The highest BCUT2D eigenvalue weighted by atomic mass is 16.5. The van der Waals surface area contributed by atoms with Crippen LogP contribution >= 0.6 is 0 Å². The van der Waals surface area contributed by atoms with E-state index in [9.17, 15) is 4.79 Å². The molecule has 8 heteroatoms. The lowest BCUT2D eigenvalue weighted by molar-refractivity contribution is -0.330. The van der Waals surface area contributed by atoms with Gasteiger partial charge in [0.05, 0.1) is 19.7 Å². The molecule has 1 saturated heterocycles. The summed E-state index contributed by atoms with van der Waals surface area (Å²) in [5, 5.41) is 4.08. The number of nitrogens with zero attached hydrogens (tertiary/aromatic N) is 4. The fourth-order valence-corrected chi connectivity index (χ4v) is 4.36. The van der Waals surface area contributed by atoms with Crippen molar-refractivity contribution >= 4 is 34.3 Å². The molecule has 0 atom stereocenters. The number of aryl methyl sites for hydroxylation is 1. The maximum Gasteiger partial charge on any atom is 0.275 e. The van der Waals surface area contributed by atoms with Crippen molar-refractivity contribution in [3.8, 4) is 5.75 Å². The molecule has 178 valence electrons. The third-order valence-corrected chi connectivity index (χ3v) is 6.20. The zero-order valence-corrected chi connectivity index (χ0v) is 20.0. The molecule has 0 unspecified atom stereocenters. The number of benzene rings is 2. The Labute approximate surface area is 204 Å². The number of aromatic amines is 1. The molecule has 1 amide bonds. The highest BCUT2D eigenvalue weighted by Gasteiger charge is 2.25. The summed E-state index contributed by atoms with van der Waals surface area (Å²) in [5.41, 5.74) is 3.54. The molecule has 2 aromatic heterocycles. The fraction of sp³-hybridized carbons (Fsp3) is 0.259. The van der Waals surface area contributed by atoms with Gasteiger partial charge in [0, 0.05) is 35.1 Å². The number of nitrogens with one attached hydrogen (secondary N) is 2. The van der Waals surface area contributed by atoms with E-state index in [-0.39, 0.29) is 5.91 Å². The van der Waals surface area contributed by atoms with Crippen molar-refractivity contribution in [1.29, 1.82) is 0 Å². The van der Waals surface area contributed by atoms with Crippen molar-refractivity contribution in [2.24, 2.45) is 0 Å². The molecule has 2 N–H and O–H groups in total. The number of amides is 1. The second-order valence-corrected chi connectivity index (χ2v) is 8.53. The van der Waals surface area contributed by atoms with Gasteiger partial charge in [0.15, 0.2) is 0 Å². The van der Waals surface area contributed by atoms with E-state index in [2.05, 4.69) is 43.1 Å².